The van der Waals surface area contributed by atoms with E-state index in [1.54, 1.807) is 17.9 Å². The van der Waals surface area contributed by atoms with Crippen LogP contribution in [0.5, 0.6) is 5.75 Å². The molecule has 4 N–H and O–H groups in total. The lowest BCUT2D eigenvalue weighted by atomic mass is 10.1. The quantitative estimate of drug-likeness (QED) is 0.741. The predicted molar refractivity (Wildman–Crippen MR) is 71.9 cm³/mol. The van der Waals surface area contributed by atoms with Crippen molar-refractivity contribution in [2.24, 2.45) is 12.8 Å². The number of carbonyl (C=O) groups is 1. The molecule has 7 heteroatoms. The van der Waals surface area contributed by atoms with E-state index >= 15 is 0 Å². The Kier molecular flexibility index (Phi) is 3.73. The number of phenolic OH excluding ortho intramolecular Hbond substituents is 1. The number of nitrogens with zero attached hydrogens (tertiary/aromatic N) is 2. The fraction of sp³-hybridized carbons (Fsp3) is 0.167. The van der Waals surface area contributed by atoms with Crippen LogP contribution in [0.3, 0.4) is 0 Å². The number of halogens is 1. The summed E-state index contributed by atoms with van der Waals surface area (Å²) in [4.78, 5) is 11.9. The molecule has 1 amide bonds. The highest BCUT2D eigenvalue weighted by Gasteiger charge is 2.17. The molecule has 0 spiro atoms. The summed E-state index contributed by atoms with van der Waals surface area (Å²) in [7, 11) is 1.74. The van der Waals surface area contributed by atoms with Gasteiger partial charge in [-0.25, -0.2) is 0 Å². The molecule has 0 radical (unpaired) electrons. The van der Waals surface area contributed by atoms with Gasteiger partial charge in [-0.15, -0.1) is 0 Å². The van der Waals surface area contributed by atoms with Crippen LogP contribution in [0.25, 0.3) is 0 Å². The number of aromatic hydroxyl groups is 1. The van der Waals surface area contributed by atoms with Crippen LogP contribution in [0.15, 0.2) is 30.6 Å². The van der Waals surface area contributed by atoms with Crippen molar-refractivity contribution >= 4 is 23.2 Å². The van der Waals surface area contributed by atoms with Crippen LogP contribution in [0.1, 0.15) is 11.6 Å². The molecule has 19 heavy (non-hydrogen) atoms. The van der Waals surface area contributed by atoms with Crippen molar-refractivity contribution in [1.82, 2.24) is 9.78 Å². The number of nitrogens with two attached hydrogens (primary N) is 1. The van der Waals surface area contributed by atoms with E-state index in [4.69, 9.17) is 17.3 Å². The molecule has 1 aromatic heterocycles. The number of amides is 1. The van der Waals surface area contributed by atoms with Gasteiger partial charge < -0.3 is 16.2 Å². The highest BCUT2D eigenvalue weighted by Crippen LogP contribution is 2.26. The summed E-state index contributed by atoms with van der Waals surface area (Å²) < 4.78 is 1.57. The Morgan fingerprint density at radius 1 is 1.58 bits per heavy atom. The number of anilines is 1. The number of hydrogen-bond donors (Lipinski definition) is 3. The van der Waals surface area contributed by atoms with E-state index in [1.165, 1.54) is 24.4 Å². The first-order valence-corrected chi connectivity index (χ1v) is 5.88. The molecule has 0 fully saturated rings. The van der Waals surface area contributed by atoms with Gasteiger partial charge in [0.05, 0.1) is 11.2 Å². The van der Waals surface area contributed by atoms with Gasteiger partial charge in [-0.05, 0) is 18.2 Å². The Labute approximate surface area is 114 Å². The van der Waals surface area contributed by atoms with Crippen LogP contribution in [-0.4, -0.2) is 20.8 Å². The standard InChI is InChI=1S/C12H13ClN4O2/c1-17-6-7(5-15-17)11(14)12(19)16-8-2-3-10(18)9(13)4-8/h2-6,11,18H,14H2,1H3,(H,16,19). The van der Waals surface area contributed by atoms with E-state index in [0.29, 0.717) is 11.3 Å². The monoisotopic (exact) mass is 280 g/mol. The number of benzene rings is 1. The van der Waals surface area contributed by atoms with Crippen molar-refractivity contribution in [3.63, 3.8) is 0 Å². The van der Waals surface area contributed by atoms with Gasteiger partial charge in [0.25, 0.3) is 0 Å². The summed E-state index contributed by atoms with van der Waals surface area (Å²) in [6.07, 6.45) is 3.21. The van der Waals surface area contributed by atoms with Crippen molar-refractivity contribution < 1.29 is 9.90 Å². The Hall–Kier alpha value is -2.05. The fourth-order valence-corrected chi connectivity index (χ4v) is 1.74. The van der Waals surface area contributed by atoms with Crippen LogP contribution >= 0.6 is 11.6 Å². The number of aryl methyl sites for hydroxylation is 1. The number of nitrogens with one attached hydrogen (secondary N) is 1. The molecule has 0 aliphatic rings. The number of hydrogen-bond acceptors (Lipinski definition) is 4. The largest absolute Gasteiger partial charge is 0.506 e. The SMILES string of the molecule is Cn1cc(C(N)C(=O)Nc2ccc(O)c(Cl)c2)cn1. The van der Waals surface area contributed by atoms with Crippen molar-refractivity contribution in [3.8, 4) is 5.75 Å². The number of phenols is 1. The maximum absolute atomic E-state index is 11.9. The highest BCUT2D eigenvalue weighted by molar-refractivity contribution is 6.32. The van der Waals surface area contributed by atoms with E-state index in [2.05, 4.69) is 10.4 Å². The maximum atomic E-state index is 11.9. The van der Waals surface area contributed by atoms with Gasteiger partial charge in [0.1, 0.15) is 11.8 Å². The van der Waals surface area contributed by atoms with Gasteiger partial charge in [0.2, 0.25) is 5.91 Å². The second kappa shape index (κ2) is 5.29. The summed E-state index contributed by atoms with van der Waals surface area (Å²) in [5.41, 5.74) is 6.90. The third-order valence-electron chi connectivity index (χ3n) is 2.58. The molecule has 0 bridgehead atoms. The zero-order valence-electron chi connectivity index (χ0n) is 10.2. The minimum Gasteiger partial charge on any atom is -0.506 e. The molecule has 0 saturated carbocycles. The fourth-order valence-electron chi connectivity index (χ4n) is 1.56. The lowest BCUT2D eigenvalue weighted by Crippen LogP contribution is -2.27. The van der Waals surface area contributed by atoms with Crippen molar-refractivity contribution in [1.29, 1.82) is 0 Å². The average molecular weight is 281 g/mol. The second-order valence-electron chi connectivity index (χ2n) is 4.08. The van der Waals surface area contributed by atoms with Crippen LogP contribution in [0, 0.1) is 0 Å². The smallest absolute Gasteiger partial charge is 0.246 e. The molecule has 0 aliphatic carbocycles. The molecule has 0 aliphatic heterocycles. The minimum atomic E-state index is -0.818. The van der Waals surface area contributed by atoms with Crippen LogP contribution < -0.4 is 11.1 Å². The normalized spacial score (nSPS) is 12.2. The summed E-state index contributed by atoms with van der Waals surface area (Å²) in [6, 6.07) is 3.56. The number of aromatic nitrogens is 2. The van der Waals surface area contributed by atoms with E-state index in [0.717, 1.165) is 0 Å². The Morgan fingerprint density at radius 2 is 2.32 bits per heavy atom. The first kappa shape index (κ1) is 13.4. The minimum absolute atomic E-state index is 0.0452. The zero-order valence-corrected chi connectivity index (χ0v) is 10.9. The van der Waals surface area contributed by atoms with Crippen molar-refractivity contribution in [2.75, 3.05) is 5.32 Å². The van der Waals surface area contributed by atoms with Gasteiger partial charge >= 0.3 is 0 Å². The molecule has 1 atom stereocenters. The average Bonchev–Trinajstić information content (AvgIpc) is 2.79. The predicted octanol–water partition coefficient (Wildman–Crippen LogP) is 1.42. The lowest BCUT2D eigenvalue weighted by Gasteiger charge is -2.11. The third kappa shape index (κ3) is 3.04. The molecule has 2 aromatic rings. The van der Waals surface area contributed by atoms with Crippen molar-refractivity contribution in [2.45, 2.75) is 6.04 Å². The lowest BCUT2D eigenvalue weighted by molar-refractivity contribution is -0.117. The van der Waals surface area contributed by atoms with Crippen LogP contribution in [-0.2, 0) is 11.8 Å². The van der Waals surface area contributed by atoms with Gasteiger partial charge in [-0.3, -0.25) is 9.48 Å². The first-order valence-electron chi connectivity index (χ1n) is 5.51. The molecule has 6 nitrogen and oxygen atoms in total. The molecule has 2 rings (SSSR count). The number of rotatable bonds is 3. The topological polar surface area (TPSA) is 93.2 Å². The molecule has 1 aromatic carbocycles. The Balaban J connectivity index is 2.10. The highest BCUT2D eigenvalue weighted by atomic mass is 35.5. The van der Waals surface area contributed by atoms with Crippen LogP contribution in [0.4, 0.5) is 5.69 Å². The number of carbonyl (C=O) groups excluding carboxylic acids is 1. The molecular weight excluding hydrogens is 268 g/mol. The molecule has 0 saturated heterocycles. The van der Waals surface area contributed by atoms with Gasteiger partial charge in [-0.2, -0.15) is 5.10 Å². The summed E-state index contributed by atoms with van der Waals surface area (Å²) in [6.45, 7) is 0. The molecule has 1 unspecified atom stereocenters. The summed E-state index contributed by atoms with van der Waals surface area (Å²) in [5, 5.41) is 16.0. The van der Waals surface area contributed by atoms with Gasteiger partial charge in [-0.1, -0.05) is 11.6 Å². The van der Waals surface area contributed by atoms with Gasteiger partial charge in [0, 0.05) is 24.5 Å². The van der Waals surface area contributed by atoms with E-state index in [1.807, 2.05) is 0 Å². The molecule has 100 valence electrons. The first-order chi connectivity index (χ1) is 8.97. The van der Waals surface area contributed by atoms with E-state index in [-0.39, 0.29) is 16.7 Å². The third-order valence-corrected chi connectivity index (χ3v) is 2.88. The van der Waals surface area contributed by atoms with E-state index in [9.17, 15) is 9.90 Å². The summed E-state index contributed by atoms with van der Waals surface area (Å²) >= 11 is 5.75. The second-order valence-corrected chi connectivity index (χ2v) is 4.49. The van der Waals surface area contributed by atoms with E-state index < -0.39 is 6.04 Å². The Morgan fingerprint density at radius 3 is 2.89 bits per heavy atom. The van der Waals surface area contributed by atoms with Gasteiger partial charge in [0.15, 0.2) is 0 Å². The zero-order chi connectivity index (χ0) is 14.0. The maximum Gasteiger partial charge on any atom is 0.246 e. The van der Waals surface area contributed by atoms with Crippen molar-refractivity contribution in [3.05, 3.63) is 41.2 Å². The summed E-state index contributed by atoms with van der Waals surface area (Å²) in [5.74, 6) is -0.425. The van der Waals surface area contributed by atoms with Crippen LogP contribution in [0.2, 0.25) is 5.02 Å². The Bertz CT molecular complexity index is 612. The molecular formula is C12H13ClN4O2. The molecule has 1 heterocycles.